The number of nitrogens with zero attached hydrogens (tertiary/aromatic N) is 1. The summed E-state index contributed by atoms with van der Waals surface area (Å²) < 4.78 is 39.7. The Hall–Kier alpha value is -3.94. The molecule has 1 aliphatic carbocycles. The van der Waals surface area contributed by atoms with Crippen LogP contribution in [-0.4, -0.2) is 17.7 Å². The van der Waals surface area contributed by atoms with Gasteiger partial charge in [0.25, 0.3) is 5.91 Å². The maximum atomic E-state index is 13.2. The van der Waals surface area contributed by atoms with Gasteiger partial charge in [-0.05, 0) is 67.1 Å². The van der Waals surface area contributed by atoms with Crippen molar-refractivity contribution < 1.29 is 27.6 Å². The van der Waals surface area contributed by atoms with E-state index in [9.17, 15) is 27.6 Å². The predicted molar refractivity (Wildman–Crippen MR) is 128 cm³/mol. The summed E-state index contributed by atoms with van der Waals surface area (Å²) in [6, 6.07) is 20.4. The number of para-hydroxylation sites is 1. The van der Waals surface area contributed by atoms with Gasteiger partial charge in [-0.25, -0.2) is 0 Å². The molecule has 36 heavy (non-hydrogen) atoms. The molecule has 0 radical (unpaired) electrons. The first-order valence-corrected chi connectivity index (χ1v) is 11.7. The minimum absolute atomic E-state index is 0.108. The van der Waals surface area contributed by atoms with Crippen LogP contribution in [0.5, 0.6) is 0 Å². The number of carbonyl (C=O) groups excluding carboxylic acids is 3. The number of imide groups is 1. The van der Waals surface area contributed by atoms with Gasteiger partial charge in [-0.2, -0.15) is 13.2 Å². The zero-order chi connectivity index (χ0) is 25.4. The fourth-order valence-corrected chi connectivity index (χ4v) is 5.26. The fourth-order valence-electron chi connectivity index (χ4n) is 5.26. The molecule has 184 valence electrons. The lowest BCUT2D eigenvalue weighted by atomic mass is 9.73. The van der Waals surface area contributed by atoms with Crippen LogP contribution in [0.15, 0.2) is 78.9 Å². The molecular formula is C28H23F3N2O3. The number of alkyl halides is 3. The molecule has 0 spiro atoms. The van der Waals surface area contributed by atoms with Crippen LogP contribution < -0.4 is 10.2 Å². The van der Waals surface area contributed by atoms with Crippen molar-refractivity contribution in [1.29, 1.82) is 0 Å². The minimum atomic E-state index is -4.61. The van der Waals surface area contributed by atoms with Crippen LogP contribution >= 0.6 is 0 Å². The maximum Gasteiger partial charge on any atom is 0.418 e. The highest BCUT2D eigenvalue weighted by atomic mass is 19.4. The third kappa shape index (κ3) is 4.39. The molecule has 3 aromatic rings. The Morgan fingerprint density at radius 1 is 0.806 bits per heavy atom. The number of amides is 3. The summed E-state index contributed by atoms with van der Waals surface area (Å²) in [5, 5.41) is 2.29. The number of benzene rings is 3. The van der Waals surface area contributed by atoms with Crippen molar-refractivity contribution in [1.82, 2.24) is 0 Å². The first kappa shape index (κ1) is 23.8. The van der Waals surface area contributed by atoms with Crippen molar-refractivity contribution >= 4 is 29.1 Å². The van der Waals surface area contributed by atoms with E-state index >= 15 is 0 Å². The first-order valence-electron chi connectivity index (χ1n) is 11.7. The Kier molecular flexibility index (Phi) is 6.12. The van der Waals surface area contributed by atoms with Gasteiger partial charge >= 0.3 is 6.18 Å². The lowest BCUT2D eigenvalue weighted by Gasteiger charge is -2.28. The molecule has 2 aliphatic rings. The Labute approximate surface area is 205 Å². The second-order valence-electron chi connectivity index (χ2n) is 9.19. The molecule has 0 unspecified atom stereocenters. The smallest absolute Gasteiger partial charge is 0.321 e. The zero-order valence-electron chi connectivity index (χ0n) is 19.2. The first-order chi connectivity index (χ1) is 17.2. The molecule has 2 fully saturated rings. The maximum absolute atomic E-state index is 13.2. The average Bonchev–Trinajstić information content (AvgIpc) is 3.13. The van der Waals surface area contributed by atoms with Gasteiger partial charge in [0.05, 0.1) is 28.8 Å². The van der Waals surface area contributed by atoms with Crippen LogP contribution in [-0.2, 0) is 15.8 Å². The van der Waals surface area contributed by atoms with Gasteiger partial charge in [0.15, 0.2) is 0 Å². The summed E-state index contributed by atoms with van der Waals surface area (Å²) in [5.74, 6) is -1.75. The van der Waals surface area contributed by atoms with Crippen molar-refractivity contribution in [2.45, 2.75) is 31.4 Å². The fraction of sp³-hybridized carbons (Fsp3) is 0.250. The number of halogens is 3. The van der Waals surface area contributed by atoms with E-state index in [4.69, 9.17) is 0 Å². The number of carbonyl (C=O) groups is 3. The molecule has 3 aromatic carbocycles. The van der Waals surface area contributed by atoms with Crippen molar-refractivity contribution in [3.05, 3.63) is 95.6 Å². The number of fused-ring (bicyclic) bond motifs is 1. The Balaban J connectivity index is 1.31. The molecule has 1 N–H and O–H groups in total. The van der Waals surface area contributed by atoms with Gasteiger partial charge in [0, 0.05) is 5.56 Å². The number of anilines is 2. The van der Waals surface area contributed by atoms with E-state index in [0.717, 1.165) is 18.1 Å². The van der Waals surface area contributed by atoms with Crippen LogP contribution in [0.3, 0.4) is 0 Å². The number of rotatable bonds is 4. The SMILES string of the molecule is O=C(Nc1ccccc1C(F)(F)F)c1ccc(N2C(=O)[C@H]3CC[C@@H](c4ccccc4)C[C@H]3C2=O)cc1. The molecule has 5 nitrogen and oxygen atoms in total. The lowest BCUT2D eigenvalue weighted by Crippen LogP contribution is -2.30. The predicted octanol–water partition coefficient (Wildman–Crippen LogP) is 6.03. The van der Waals surface area contributed by atoms with Crippen LogP contribution in [0.4, 0.5) is 24.5 Å². The number of hydrogen-bond acceptors (Lipinski definition) is 3. The molecule has 3 amide bonds. The van der Waals surface area contributed by atoms with E-state index < -0.39 is 23.6 Å². The Bertz CT molecular complexity index is 1310. The minimum Gasteiger partial charge on any atom is -0.321 e. The molecule has 0 aromatic heterocycles. The standard InChI is InChI=1S/C28H23F3N2O3/c29-28(30,31)23-8-4-5-9-24(23)32-25(34)18-10-13-20(14-11-18)33-26(35)21-15-12-19(16-22(21)27(33)36)17-6-2-1-3-7-17/h1-11,13-14,19,21-22H,12,15-16H2,(H,32,34)/t19-,21+,22-/m1/s1. The van der Waals surface area contributed by atoms with E-state index in [-0.39, 0.29) is 34.9 Å². The Morgan fingerprint density at radius 2 is 1.44 bits per heavy atom. The van der Waals surface area contributed by atoms with Crippen LogP contribution in [0.1, 0.15) is 46.7 Å². The zero-order valence-corrected chi connectivity index (χ0v) is 19.2. The monoisotopic (exact) mass is 492 g/mol. The van der Waals surface area contributed by atoms with Crippen LogP contribution in [0, 0.1) is 11.8 Å². The van der Waals surface area contributed by atoms with Crippen molar-refractivity contribution in [3.8, 4) is 0 Å². The second-order valence-corrected chi connectivity index (χ2v) is 9.19. The summed E-state index contributed by atoms with van der Waals surface area (Å²) in [5.41, 5.74) is 0.331. The normalized spacial score (nSPS) is 21.9. The van der Waals surface area contributed by atoms with E-state index in [1.807, 2.05) is 30.3 Å². The molecule has 3 atom stereocenters. The summed E-state index contributed by atoms with van der Waals surface area (Å²) in [7, 11) is 0. The van der Waals surface area contributed by atoms with E-state index in [2.05, 4.69) is 5.32 Å². The van der Waals surface area contributed by atoms with E-state index in [1.165, 1.54) is 47.4 Å². The van der Waals surface area contributed by atoms with Gasteiger partial charge in [0.2, 0.25) is 11.8 Å². The highest BCUT2D eigenvalue weighted by Gasteiger charge is 2.50. The van der Waals surface area contributed by atoms with Crippen molar-refractivity contribution in [2.75, 3.05) is 10.2 Å². The van der Waals surface area contributed by atoms with Crippen LogP contribution in [0.25, 0.3) is 0 Å². The largest absolute Gasteiger partial charge is 0.418 e. The summed E-state index contributed by atoms with van der Waals surface area (Å²) in [6.07, 6.45) is -2.55. The lowest BCUT2D eigenvalue weighted by molar-refractivity contribution is -0.137. The molecule has 8 heteroatoms. The van der Waals surface area contributed by atoms with E-state index in [0.29, 0.717) is 18.5 Å². The average molecular weight is 492 g/mol. The molecular weight excluding hydrogens is 469 g/mol. The van der Waals surface area contributed by atoms with Gasteiger partial charge in [-0.15, -0.1) is 0 Å². The third-order valence-electron chi connectivity index (χ3n) is 7.06. The topological polar surface area (TPSA) is 66.5 Å². The van der Waals surface area contributed by atoms with Gasteiger partial charge in [0.1, 0.15) is 0 Å². The van der Waals surface area contributed by atoms with Crippen molar-refractivity contribution in [3.63, 3.8) is 0 Å². The quantitative estimate of drug-likeness (QED) is 0.452. The van der Waals surface area contributed by atoms with Crippen molar-refractivity contribution in [2.24, 2.45) is 11.8 Å². The highest BCUT2D eigenvalue weighted by Crippen LogP contribution is 2.45. The van der Waals surface area contributed by atoms with Crippen LogP contribution in [0.2, 0.25) is 0 Å². The van der Waals surface area contributed by atoms with Gasteiger partial charge < -0.3 is 5.32 Å². The van der Waals surface area contributed by atoms with Gasteiger partial charge in [-0.3, -0.25) is 19.3 Å². The molecule has 1 aliphatic heterocycles. The summed E-state index contributed by atoms with van der Waals surface area (Å²) in [4.78, 5) is 40.1. The van der Waals surface area contributed by atoms with E-state index in [1.54, 1.807) is 0 Å². The molecule has 1 saturated carbocycles. The molecule has 1 heterocycles. The Morgan fingerprint density at radius 3 is 2.14 bits per heavy atom. The summed E-state index contributed by atoms with van der Waals surface area (Å²) >= 11 is 0. The summed E-state index contributed by atoms with van der Waals surface area (Å²) in [6.45, 7) is 0. The second kappa shape index (κ2) is 9.26. The molecule has 5 rings (SSSR count). The number of nitrogens with one attached hydrogen (secondary N) is 1. The van der Waals surface area contributed by atoms with Gasteiger partial charge in [-0.1, -0.05) is 42.5 Å². The molecule has 0 bridgehead atoms. The molecule has 1 saturated heterocycles. The highest BCUT2D eigenvalue weighted by molar-refractivity contribution is 6.22. The number of hydrogen-bond donors (Lipinski definition) is 1. The third-order valence-corrected chi connectivity index (χ3v) is 7.06.